The van der Waals surface area contributed by atoms with E-state index in [1.54, 1.807) is 0 Å². The van der Waals surface area contributed by atoms with Gasteiger partial charge in [0, 0.05) is 13.0 Å². The number of carbonyl (C=O) groups excluding carboxylic acids is 1. The molecule has 1 aliphatic rings. The van der Waals surface area contributed by atoms with Crippen molar-refractivity contribution >= 4 is 11.8 Å². The first-order valence-electron chi connectivity index (χ1n) is 4.61. The van der Waals surface area contributed by atoms with Gasteiger partial charge in [0.05, 0.1) is 12.5 Å². The molecule has 4 heteroatoms. The Morgan fingerprint density at radius 3 is 2.62 bits per heavy atom. The lowest BCUT2D eigenvalue weighted by molar-refractivity contribution is -0.138. The Bertz CT molecular complexity index is 197. The van der Waals surface area contributed by atoms with Crippen molar-refractivity contribution in [3.63, 3.8) is 0 Å². The lowest BCUT2D eigenvalue weighted by atomic mass is 9.98. The van der Waals surface area contributed by atoms with Crippen LogP contribution in [0.4, 0.5) is 0 Å². The first-order chi connectivity index (χ1) is 6.20. The predicted octanol–water partition coefficient (Wildman–Crippen LogP) is 0.577. The fourth-order valence-corrected chi connectivity index (χ4v) is 1.45. The highest BCUT2D eigenvalue weighted by Crippen LogP contribution is 2.11. The zero-order valence-electron chi connectivity index (χ0n) is 7.53. The van der Waals surface area contributed by atoms with E-state index < -0.39 is 5.97 Å². The monoisotopic (exact) mass is 184 g/mol. The summed E-state index contributed by atoms with van der Waals surface area (Å²) < 4.78 is 0. The van der Waals surface area contributed by atoms with Crippen LogP contribution in [0.2, 0.25) is 0 Å². The third kappa shape index (κ3) is 3.55. The van der Waals surface area contributed by atoms with E-state index in [1.165, 1.54) is 0 Å². The Morgan fingerprint density at radius 1 is 1.31 bits per heavy atom. The molecule has 1 radical (unpaired) electrons. The minimum absolute atomic E-state index is 0.0119. The zero-order chi connectivity index (χ0) is 9.68. The van der Waals surface area contributed by atoms with Crippen molar-refractivity contribution in [1.82, 2.24) is 5.32 Å². The van der Waals surface area contributed by atoms with Gasteiger partial charge in [-0.2, -0.15) is 0 Å². The van der Waals surface area contributed by atoms with Gasteiger partial charge in [-0.25, -0.2) is 5.32 Å². The fourth-order valence-electron chi connectivity index (χ4n) is 1.45. The molecule has 1 heterocycles. The molecule has 4 nitrogen and oxygen atoms in total. The van der Waals surface area contributed by atoms with Gasteiger partial charge < -0.3 is 5.11 Å². The summed E-state index contributed by atoms with van der Waals surface area (Å²) in [5, 5.41) is 12.5. The molecule has 0 aliphatic carbocycles. The molecule has 1 N–H and O–H groups in total. The van der Waals surface area contributed by atoms with Crippen molar-refractivity contribution in [2.75, 3.05) is 6.54 Å². The van der Waals surface area contributed by atoms with E-state index in [4.69, 9.17) is 5.11 Å². The summed E-state index contributed by atoms with van der Waals surface area (Å²) in [7, 11) is 0. The minimum atomic E-state index is -0.913. The van der Waals surface area contributed by atoms with Gasteiger partial charge in [0.25, 0.3) is 0 Å². The van der Waals surface area contributed by atoms with Crippen LogP contribution in [-0.4, -0.2) is 29.4 Å². The topological polar surface area (TPSA) is 68.5 Å². The normalized spacial score (nSPS) is 22.6. The summed E-state index contributed by atoms with van der Waals surface area (Å²) in [6.45, 7) is 0.753. The van der Waals surface area contributed by atoms with Crippen molar-refractivity contribution in [2.45, 2.75) is 38.1 Å². The summed E-state index contributed by atoms with van der Waals surface area (Å²) in [5.74, 6) is -0.925. The smallest absolute Gasteiger partial charge is 0.303 e. The summed E-state index contributed by atoms with van der Waals surface area (Å²) >= 11 is 0. The molecule has 0 aromatic rings. The Kier molecular flexibility index (Phi) is 3.89. The molecule has 0 aromatic carbocycles. The maximum Gasteiger partial charge on any atom is 0.303 e. The van der Waals surface area contributed by atoms with Crippen LogP contribution >= 0.6 is 0 Å². The Labute approximate surface area is 77.3 Å². The van der Waals surface area contributed by atoms with E-state index in [9.17, 15) is 9.59 Å². The molecule has 0 amide bonds. The van der Waals surface area contributed by atoms with Gasteiger partial charge in [0.1, 0.15) is 0 Å². The predicted molar refractivity (Wildman–Crippen MR) is 46.5 cm³/mol. The van der Waals surface area contributed by atoms with E-state index in [-0.39, 0.29) is 24.7 Å². The van der Waals surface area contributed by atoms with Gasteiger partial charge in [-0.15, -0.1) is 0 Å². The number of aliphatic carboxylic acids is 1. The first-order valence-corrected chi connectivity index (χ1v) is 4.61. The maximum absolute atomic E-state index is 11.3. The van der Waals surface area contributed by atoms with Crippen molar-refractivity contribution in [2.24, 2.45) is 0 Å². The van der Waals surface area contributed by atoms with Crippen LogP contribution in [0.3, 0.4) is 0 Å². The van der Waals surface area contributed by atoms with Crippen LogP contribution in [0.1, 0.15) is 32.1 Å². The second-order valence-electron chi connectivity index (χ2n) is 3.28. The van der Waals surface area contributed by atoms with Crippen molar-refractivity contribution in [1.29, 1.82) is 0 Å². The van der Waals surface area contributed by atoms with Crippen LogP contribution in [-0.2, 0) is 9.59 Å². The van der Waals surface area contributed by atoms with Crippen LogP contribution in [0.15, 0.2) is 0 Å². The molecule has 1 fully saturated rings. The van der Waals surface area contributed by atoms with Crippen LogP contribution < -0.4 is 5.32 Å². The van der Waals surface area contributed by atoms with Crippen molar-refractivity contribution in [3.8, 4) is 0 Å². The number of piperidine rings is 1. The third-order valence-electron chi connectivity index (χ3n) is 2.19. The highest BCUT2D eigenvalue weighted by atomic mass is 16.4. The molecule has 13 heavy (non-hydrogen) atoms. The second-order valence-corrected chi connectivity index (χ2v) is 3.28. The van der Waals surface area contributed by atoms with Gasteiger partial charge in [-0.1, -0.05) is 6.42 Å². The summed E-state index contributed by atoms with van der Waals surface area (Å²) in [5.41, 5.74) is 0. The quantitative estimate of drug-likeness (QED) is 0.694. The summed E-state index contributed by atoms with van der Waals surface area (Å²) in [4.78, 5) is 21.5. The van der Waals surface area contributed by atoms with E-state index in [1.807, 2.05) is 0 Å². The summed E-state index contributed by atoms with van der Waals surface area (Å²) in [6.07, 6.45) is 2.96. The molecule has 1 rings (SSSR count). The average Bonchev–Trinajstić information content (AvgIpc) is 2.15. The van der Waals surface area contributed by atoms with Crippen LogP contribution in [0.5, 0.6) is 0 Å². The molecule has 0 bridgehead atoms. The number of Topliss-reactive ketones (excluding diaryl/α,β-unsaturated/α-hetero) is 1. The molecule has 73 valence electrons. The number of rotatable bonds is 4. The molecule has 1 saturated heterocycles. The van der Waals surface area contributed by atoms with E-state index in [2.05, 4.69) is 5.32 Å². The van der Waals surface area contributed by atoms with Gasteiger partial charge >= 0.3 is 5.97 Å². The molecule has 0 spiro atoms. The SMILES string of the molecule is O=C(O)CCC(=O)C1CCCC[N]1. The van der Waals surface area contributed by atoms with Gasteiger partial charge in [0.15, 0.2) is 5.78 Å². The van der Waals surface area contributed by atoms with E-state index in [0.717, 1.165) is 25.8 Å². The van der Waals surface area contributed by atoms with Crippen LogP contribution in [0.25, 0.3) is 0 Å². The first kappa shape index (κ1) is 10.2. The highest BCUT2D eigenvalue weighted by molar-refractivity contribution is 5.86. The number of hydrogen-bond acceptors (Lipinski definition) is 2. The van der Waals surface area contributed by atoms with Crippen LogP contribution in [0, 0.1) is 0 Å². The third-order valence-corrected chi connectivity index (χ3v) is 2.19. The molecule has 1 unspecified atom stereocenters. The molecule has 1 atom stereocenters. The van der Waals surface area contributed by atoms with Crippen molar-refractivity contribution in [3.05, 3.63) is 0 Å². The molecular formula is C9H14NO3. The largest absolute Gasteiger partial charge is 0.481 e. The standard InChI is InChI=1S/C9H14NO3/c11-8(4-5-9(12)13)7-3-1-2-6-10-7/h7H,1-6H2,(H,12,13). The molecular weight excluding hydrogens is 170 g/mol. The van der Waals surface area contributed by atoms with E-state index in [0.29, 0.717) is 0 Å². The minimum Gasteiger partial charge on any atom is -0.481 e. The Balaban J connectivity index is 2.25. The number of carboxylic acid groups (broad SMARTS) is 1. The fraction of sp³-hybridized carbons (Fsp3) is 0.778. The number of carboxylic acids is 1. The average molecular weight is 184 g/mol. The highest BCUT2D eigenvalue weighted by Gasteiger charge is 2.21. The number of carbonyl (C=O) groups is 2. The Hall–Kier alpha value is -0.900. The van der Waals surface area contributed by atoms with Crippen molar-refractivity contribution < 1.29 is 14.7 Å². The lowest BCUT2D eigenvalue weighted by Crippen LogP contribution is -2.35. The molecule has 0 saturated carbocycles. The molecule has 1 aliphatic heterocycles. The summed E-state index contributed by atoms with van der Waals surface area (Å²) in [6, 6.07) is -0.215. The number of ketones is 1. The van der Waals surface area contributed by atoms with Gasteiger partial charge in [-0.05, 0) is 12.8 Å². The number of nitrogens with zero attached hydrogens (tertiary/aromatic N) is 1. The Morgan fingerprint density at radius 2 is 2.08 bits per heavy atom. The second kappa shape index (κ2) is 4.97. The number of hydrogen-bond donors (Lipinski definition) is 1. The van der Waals surface area contributed by atoms with Gasteiger partial charge in [0.2, 0.25) is 0 Å². The molecule has 0 aromatic heterocycles. The maximum atomic E-state index is 11.3. The van der Waals surface area contributed by atoms with Gasteiger partial charge in [-0.3, -0.25) is 9.59 Å². The van der Waals surface area contributed by atoms with E-state index >= 15 is 0 Å². The lowest BCUT2D eigenvalue weighted by Gasteiger charge is -2.19. The zero-order valence-corrected chi connectivity index (χ0v) is 7.53.